The first-order valence-electron chi connectivity index (χ1n) is 4.70. The van der Waals surface area contributed by atoms with Crippen LogP contribution in [0.5, 0.6) is 0 Å². The van der Waals surface area contributed by atoms with E-state index in [9.17, 15) is 4.79 Å². The van der Waals surface area contributed by atoms with Crippen molar-refractivity contribution in [1.82, 2.24) is 15.1 Å². The highest BCUT2D eigenvalue weighted by molar-refractivity contribution is 9.10. The minimum atomic E-state index is 0.0266. The van der Waals surface area contributed by atoms with Crippen molar-refractivity contribution in [2.24, 2.45) is 0 Å². The Bertz CT molecular complexity index is 355. The minimum absolute atomic E-state index is 0.0266. The first-order valence-corrected chi connectivity index (χ1v) is 5.49. The Morgan fingerprint density at radius 1 is 1.50 bits per heavy atom. The van der Waals surface area contributed by atoms with Crippen LogP contribution in [-0.4, -0.2) is 34.1 Å². The fourth-order valence-corrected chi connectivity index (χ4v) is 1.97. The fourth-order valence-electron chi connectivity index (χ4n) is 1.63. The molecule has 1 aliphatic heterocycles. The van der Waals surface area contributed by atoms with Gasteiger partial charge in [-0.1, -0.05) is 0 Å². The number of carbonyl (C=O) groups excluding carboxylic acids is 1. The lowest BCUT2D eigenvalue weighted by Crippen LogP contribution is -2.28. The van der Waals surface area contributed by atoms with Gasteiger partial charge in [0.25, 0.3) is 5.91 Å². The summed E-state index contributed by atoms with van der Waals surface area (Å²) in [6, 6.07) is 0. The molecule has 1 aromatic heterocycles. The fraction of sp³-hybridized carbons (Fsp3) is 0.556. The smallest absolute Gasteiger partial charge is 0.275 e. The van der Waals surface area contributed by atoms with Gasteiger partial charge in [-0.05, 0) is 35.7 Å². The van der Waals surface area contributed by atoms with Crippen LogP contribution in [0.1, 0.15) is 29.0 Å². The van der Waals surface area contributed by atoms with Gasteiger partial charge in [0.2, 0.25) is 0 Å². The molecular weight excluding hydrogens is 246 g/mol. The Morgan fingerprint density at radius 3 is 2.64 bits per heavy atom. The molecule has 1 amide bonds. The summed E-state index contributed by atoms with van der Waals surface area (Å²) < 4.78 is 0.786. The van der Waals surface area contributed by atoms with E-state index >= 15 is 0 Å². The van der Waals surface area contributed by atoms with E-state index in [-0.39, 0.29) is 5.91 Å². The highest BCUT2D eigenvalue weighted by Gasteiger charge is 2.24. The number of nitrogens with zero attached hydrogens (tertiary/aromatic N) is 2. The van der Waals surface area contributed by atoms with Crippen LogP contribution < -0.4 is 0 Å². The summed E-state index contributed by atoms with van der Waals surface area (Å²) >= 11 is 3.36. The number of nitrogens with one attached hydrogen (secondary N) is 1. The van der Waals surface area contributed by atoms with Crippen molar-refractivity contribution in [1.29, 1.82) is 0 Å². The minimum Gasteiger partial charge on any atom is -0.337 e. The molecule has 0 saturated carbocycles. The molecule has 1 aliphatic rings. The number of aromatic amines is 1. The molecule has 0 radical (unpaired) electrons. The molecule has 0 aliphatic carbocycles. The SMILES string of the molecule is Cc1[nH]nc(C(=O)N2CCCC2)c1Br. The molecule has 1 aromatic rings. The monoisotopic (exact) mass is 257 g/mol. The van der Waals surface area contributed by atoms with Crippen LogP contribution in [-0.2, 0) is 0 Å². The maximum Gasteiger partial charge on any atom is 0.275 e. The van der Waals surface area contributed by atoms with Crippen LogP contribution in [0.4, 0.5) is 0 Å². The molecule has 2 heterocycles. The molecule has 1 N–H and O–H groups in total. The first kappa shape index (κ1) is 9.71. The van der Waals surface area contributed by atoms with Gasteiger partial charge in [-0.2, -0.15) is 5.10 Å². The third kappa shape index (κ3) is 1.56. The van der Waals surface area contributed by atoms with E-state index in [4.69, 9.17) is 0 Å². The molecule has 0 atom stereocenters. The van der Waals surface area contributed by atoms with Crippen molar-refractivity contribution >= 4 is 21.8 Å². The van der Waals surface area contributed by atoms with Crippen LogP contribution in [0.15, 0.2) is 4.47 Å². The number of hydrogen-bond acceptors (Lipinski definition) is 2. The van der Waals surface area contributed by atoms with Crippen molar-refractivity contribution in [3.05, 3.63) is 15.9 Å². The van der Waals surface area contributed by atoms with E-state index in [1.807, 2.05) is 11.8 Å². The standard InChI is InChI=1S/C9H12BrN3O/c1-6-7(10)8(12-11-6)9(14)13-4-2-3-5-13/h2-5H2,1H3,(H,11,12). The van der Waals surface area contributed by atoms with Crippen molar-refractivity contribution in [3.63, 3.8) is 0 Å². The molecule has 5 heteroatoms. The molecule has 0 spiro atoms. The van der Waals surface area contributed by atoms with Gasteiger partial charge in [-0.3, -0.25) is 9.89 Å². The van der Waals surface area contributed by atoms with E-state index in [2.05, 4.69) is 26.1 Å². The summed E-state index contributed by atoms with van der Waals surface area (Å²) in [5.74, 6) is 0.0266. The average Bonchev–Trinajstić information content (AvgIpc) is 2.77. The highest BCUT2D eigenvalue weighted by Crippen LogP contribution is 2.21. The number of amides is 1. The number of rotatable bonds is 1. The van der Waals surface area contributed by atoms with Gasteiger partial charge in [0.1, 0.15) is 0 Å². The normalized spacial score (nSPS) is 16.3. The molecule has 1 saturated heterocycles. The number of aromatic nitrogens is 2. The van der Waals surface area contributed by atoms with E-state index in [0.29, 0.717) is 5.69 Å². The zero-order chi connectivity index (χ0) is 10.1. The number of halogens is 1. The lowest BCUT2D eigenvalue weighted by Gasteiger charge is -2.13. The van der Waals surface area contributed by atoms with Gasteiger partial charge in [-0.25, -0.2) is 0 Å². The Balaban J connectivity index is 2.22. The number of hydrogen-bond donors (Lipinski definition) is 1. The quantitative estimate of drug-likeness (QED) is 0.833. The second-order valence-electron chi connectivity index (χ2n) is 3.51. The van der Waals surface area contributed by atoms with Gasteiger partial charge >= 0.3 is 0 Å². The van der Waals surface area contributed by atoms with Gasteiger partial charge in [0.15, 0.2) is 5.69 Å². The highest BCUT2D eigenvalue weighted by atomic mass is 79.9. The predicted molar refractivity (Wildman–Crippen MR) is 56.2 cm³/mol. The molecule has 4 nitrogen and oxygen atoms in total. The van der Waals surface area contributed by atoms with Gasteiger partial charge in [0.05, 0.1) is 4.47 Å². The Hall–Kier alpha value is -0.840. The van der Waals surface area contributed by atoms with Crippen molar-refractivity contribution in [3.8, 4) is 0 Å². The third-order valence-electron chi connectivity index (χ3n) is 2.47. The summed E-state index contributed by atoms with van der Waals surface area (Å²) in [4.78, 5) is 13.7. The number of H-pyrrole nitrogens is 1. The molecule has 76 valence electrons. The van der Waals surface area contributed by atoms with E-state index < -0.39 is 0 Å². The maximum absolute atomic E-state index is 11.9. The topological polar surface area (TPSA) is 49.0 Å². The summed E-state index contributed by atoms with van der Waals surface area (Å²) in [6.07, 6.45) is 2.21. The lowest BCUT2D eigenvalue weighted by molar-refractivity contribution is 0.0786. The summed E-state index contributed by atoms with van der Waals surface area (Å²) in [5.41, 5.74) is 1.40. The zero-order valence-corrected chi connectivity index (χ0v) is 9.60. The summed E-state index contributed by atoms with van der Waals surface area (Å²) in [5, 5.41) is 6.79. The van der Waals surface area contributed by atoms with Crippen LogP contribution >= 0.6 is 15.9 Å². The molecular formula is C9H12BrN3O. The molecule has 0 unspecified atom stereocenters. The second kappa shape index (κ2) is 3.73. The first-order chi connectivity index (χ1) is 6.70. The lowest BCUT2D eigenvalue weighted by atomic mass is 10.3. The maximum atomic E-state index is 11.9. The molecule has 1 fully saturated rings. The molecule has 0 bridgehead atoms. The van der Waals surface area contributed by atoms with Crippen molar-refractivity contribution in [2.75, 3.05) is 13.1 Å². The van der Waals surface area contributed by atoms with Crippen LogP contribution in [0.3, 0.4) is 0 Å². The molecule has 0 aromatic carbocycles. The summed E-state index contributed by atoms with van der Waals surface area (Å²) in [7, 11) is 0. The van der Waals surface area contributed by atoms with E-state index in [1.165, 1.54) is 0 Å². The Kier molecular flexibility index (Phi) is 2.58. The zero-order valence-electron chi connectivity index (χ0n) is 8.01. The van der Waals surface area contributed by atoms with Crippen LogP contribution in [0.2, 0.25) is 0 Å². The number of likely N-dealkylation sites (tertiary alicyclic amines) is 1. The number of aryl methyl sites for hydroxylation is 1. The summed E-state index contributed by atoms with van der Waals surface area (Å²) in [6.45, 7) is 3.60. The van der Waals surface area contributed by atoms with E-state index in [1.54, 1.807) is 0 Å². The van der Waals surface area contributed by atoms with Crippen LogP contribution in [0, 0.1) is 6.92 Å². The van der Waals surface area contributed by atoms with E-state index in [0.717, 1.165) is 36.1 Å². The second-order valence-corrected chi connectivity index (χ2v) is 4.30. The Morgan fingerprint density at radius 2 is 2.14 bits per heavy atom. The van der Waals surface area contributed by atoms with Gasteiger partial charge < -0.3 is 4.90 Å². The van der Waals surface area contributed by atoms with Gasteiger partial charge in [-0.15, -0.1) is 0 Å². The van der Waals surface area contributed by atoms with Crippen molar-refractivity contribution in [2.45, 2.75) is 19.8 Å². The predicted octanol–water partition coefficient (Wildman–Crippen LogP) is 1.72. The average molecular weight is 258 g/mol. The Labute approximate surface area is 90.8 Å². The largest absolute Gasteiger partial charge is 0.337 e. The third-order valence-corrected chi connectivity index (χ3v) is 3.44. The molecule has 2 rings (SSSR count). The molecule has 14 heavy (non-hydrogen) atoms. The van der Waals surface area contributed by atoms with Crippen molar-refractivity contribution < 1.29 is 4.79 Å². The van der Waals surface area contributed by atoms with Gasteiger partial charge in [0, 0.05) is 18.8 Å². The number of carbonyl (C=O) groups is 1. The van der Waals surface area contributed by atoms with Crippen LogP contribution in [0.25, 0.3) is 0 Å².